The van der Waals surface area contributed by atoms with E-state index in [9.17, 15) is 9.59 Å². The minimum atomic E-state index is -0.365. The zero-order valence-electron chi connectivity index (χ0n) is 14.9. The van der Waals surface area contributed by atoms with Gasteiger partial charge in [0.2, 0.25) is 0 Å². The molecule has 1 aromatic carbocycles. The minimum Gasteiger partial charge on any atom is -0.494 e. The Morgan fingerprint density at radius 3 is 2.17 bits per heavy atom. The molecule has 0 saturated carbocycles. The molecule has 1 aromatic rings. The van der Waals surface area contributed by atoms with E-state index < -0.39 is 0 Å². The molecule has 1 atom stereocenters. The number of carbonyl (C=O) groups is 2. The summed E-state index contributed by atoms with van der Waals surface area (Å²) in [6, 6.07) is 7.12. The van der Waals surface area contributed by atoms with Gasteiger partial charge in [-0.25, -0.2) is 0 Å². The highest BCUT2D eigenvalue weighted by Gasteiger charge is 2.21. The SMILES string of the molecule is CCCN(CC(C)C(=O)OC)C(=O)COc1ccc(OCC)cc1. The third-order valence-corrected chi connectivity index (χ3v) is 3.44. The monoisotopic (exact) mass is 337 g/mol. The Morgan fingerprint density at radius 1 is 1.08 bits per heavy atom. The highest BCUT2D eigenvalue weighted by molar-refractivity contribution is 5.79. The molecule has 0 fully saturated rings. The molecule has 1 rings (SSSR count). The molecule has 0 aliphatic carbocycles. The number of methoxy groups -OCH3 is 1. The smallest absolute Gasteiger partial charge is 0.310 e. The predicted octanol–water partition coefficient (Wildman–Crippen LogP) is 2.51. The lowest BCUT2D eigenvalue weighted by Gasteiger charge is -2.24. The molecule has 0 aliphatic rings. The summed E-state index contributed by atoms with van der Waals surface area (Å²) in [5.41, 5.74) is 0. The number of amides is 1. The molecular formula is C18H27NO5. The third-order valence-electron chi connectivity index (χ3n) is 3.44. The van der Waals surface area contributed by atoms with Gasteiger partial charge in [0.05, 0.1) is 19.6 Å². The Bertz CT molecular complexity index is 515. The molecule has 0 saturated heterocycles. The summed E-state index contributed by atoms with van der Waals surface area (Å²) in [4.78, 5) is 25.5. The van der Waals surface area contributed by atoms with Gasteiger partial charge in [-0.15, -0.1) is 0 Å². The van der Waals surface area contributed by atoms with E-state index in [2.05, 4.69) is 0 Å². The molecule has 1 unspecified atom stereocenters. The zero-order chi connectivity index (χ0) is 17.9. The predicted molar refractivity (Wildman–Crippen MR) is 91.2 cm³/mol. The zero-order valence-corrected chi connectivity index (χ0v) is 14.9. The van der Waals surface area contributed by atoms with Gasteiger partial charge in [0.1, 0.15) is 11.5 Å². The van der Waals surface area contributed by atoms with Crippen LogP contribution < -0.4 is 9.47 Å². The molecule has 1 amide bonds. The lowest BCUT2D eigenvalue weighted by atomic mass is 10.1. The summed E-state index contributed by atoms with van der Waals surface area (Å²) in [6.07, 6.45) is 0.808. The van der Waals surface area contributed by atoms with Gasteiger partial charge < -0.3 is 19.1 Å². The molecule has 0 heterocycles. The van der Waals surface area contributed by atoms with Crippen LogP contribution in [0.15, 0.2) is 24.3 Å². The Hall–Kier alpha value is -2.24. The van der Waals surface area contributed by atoms with Gasteiger partial charge in [0.25, 0.3) is 5.91 Å². The number of hydrogen-bond acceptors (Lipinski definition) is 5. The Morgan fingerprint density at radius 2 is 1.67 bits per heavy atom. The van der Waals surface area contributed by atoms with E-state index in [1.54, 1.807) is 36.1 Å². The van der Waals surface area contributed by atoms with Crippen molar-refractivity contribution in [2.75, 3.05) is 33.4 Å². The Kier molecular flexibility index (Phi) is 8.68. The van der Waals surface area contributed by atoms with Crippen LogP contribution in [0.25, 0.3) is 0 Å². The van der Waals surface area contributed by atoms with E-state index in [0.29, 0.717) is 25.4 Å². The van der Waals surface area contributed by atoms with Gasteiger partial charge >= 0.3 is 5.97 Å². The first kappa shape index (κ1) is 19.8. The molecule has 0 bridgehead atoms. The number of benzene rings is 1. The van der Waals surface area contributed by atoms with Gasteiger partial charge in [-0.05, 0) is 37.6 Å². The highest BCUT2D eigenvalue weighted by atomic mass is 16.5. The first-order valence-electron chi connectivity index (χ1n) is 8.23. The third kappa shape index (κ3) is 6.48. The van der Waals surface area contributed by atoms with Gasteiger partial charge in [0.15, 0.2) is 6.61 Å². The van der Waals surface area contributed by atoms with E-state index in [4.69, 9.17) is 14.2 Å². The first-order valence-corrected chi connectivity index (χ1v) is 8.23. The van der Waals surface area contributed by atoms with Crippen molar-refractivity contribution in [3.63, 3.8) is 0 Å². The normalized spacial score (nSPS) is 11.5. The topological polar surface area (TPSA) is 65.1 Å². The van der Waals surface area contributed by atoms with Crippen molar-refractivity contribution >= 4 is 11.9 Å². The number of nitrogens with zero attached hydrogens (tertiary/aromatic N) is 1. The summed E-state index contributed by atoms with van der Waals surface area (Å²) in [7, 11) is 1.35. The molecule has 0 N–H and O–H groups in total. The van der Waals surface area contributed by atoms with E-state index >= 15 is 0 Å². The standard InChI is InChI=1S/C18H27NO5/c1-5-11-19(12-14(3)18(21)22-4)17(20)13-24-16-9-7-15(8-10-16)23-6-2/h7-10,14H,5-6,11-13H2,1-4H3. The lowest BCUT2D eigenvalue weighted by Crippen LogP contribution is -2.40. The van der Waals surface area contributed by atoms with Crippen molar-refractivity contribution in [3.05, 3.63) is 24.3 Å². The maximum atomic E-state index is 12.3. The second-order valence-electron chi connectivity index (χ2n) is 5.46. The Labute approximate surface area is 143 Å². The average molecular weight is 337 g/mol. The van der Waals surface area contributed by atoms with E-state index in [0.717, 1.165) is 12.2 Å². The van der Waals surface area contributed by atoms with Gasteiger partial charge in [-0.1, -0.05) is 13.8 Å². The molecule has 0 aliphatic heterocycles. The number of hydrogen-bond donors (Lipinski definition) is 0. The fourth-order valence-corrected chi connectivity index (χ4v) is 2.23. The fourth-order valence-electron chi connectivity index (χ4n) is 2.23. The van der Waals surface area contributed by atoms with Crippen molar-refractivity contribution in [1.82, 2.24) is 4.90 Å². The summed E-state index contributed by atoms with van der Waals surface area (Å²) in [6.45, 7) is 7.08. The molecule has 0 radical (unpaired) electrons. The van der Waals surface area contributed by atoms with Crippen LogP contribution in [0.2, 0.25) is 0 Å². The van der Waals surface area contributed by atoms with Gasteiger partial charge in [-0.3, -0.25) is 9.59 Å². The van der Waals surface area contributed by atoms with E-state index in [1.807, 2.05) is 13.8 Å². The van der Waals surface area contributed by atoms with Crippen LogP contribution in [0.4, 0.5) is 0 Å². The summed E-state index contributed by atoms with van der Waals surface area (Å²) >= 11 is 0. The van der Waals surface area contributed by atoms with Crippen LogP contribution >= 0.6 is 0 Å². The number of ether oxygens (including phenoxy) is 3. The average Bonchev–Trinajstić information content (AvgIpc) is 2.59. The quantitative estimate of drug-likeness (QED) is 0.614. The van der Waals surface area contributed by atoms with Crippen molar-refractivity contribution in [1.29, 1.82) is 0 Å². The van der Waals surface area contributed by atoms with Crippen LogP contribution in [-0.4, -0.2) is 50.2 Å². The summed E-state index contributed by atoms with van der Waals surface area (Å²) in [5, 5.41) is 0. The highest BCUT2D eigenvalue weighted by Crippen LogP contribution is 2.17. The number of rotatable bonds is 10. The molecule has 6 heteroatoms. The molecule has 134 valence electrons. The maximum Gasteiger partial charge on any atom is 0.310 e. The minimum absolute atomic E-state index is 0.0676. The molecule has 24 heavy (non-hydrogen) atoms. The second-order valence-corrected chi connectivity index (χ2v) is 5.46. The maximum absolute atomic E-state index is 12.3. The van der Waals surface area contributed by atoms with Crippen LogP contribution in [0, 0.1) is 5.92 Å². The van der Waals surface area contributed by atoms with Crippen LogP contribution in [-0.2, 0) is 14.3 Å². The van der Waals surface area contributed by atoms with Crippen molar-refractivity contribution in [2.45, 2.75) is 27.2 Å². The lowest BCUT2D eigenvalue weighted by molar-refractivity contribution is -0.146. The van der Waals surface area contributed by atoms with Crippen LogP contribution in [0.5, 0.6) is 11.5 Å². The van der Waals surface area contributed by atoms with E-state index in [-0.39, 0.29) is 24.4 Å². The van der Waals surface area contributed by atoms with Crippen molar-refractivity contribution in [3.8, 4) is 11.5 Å². The van der Waals surface area contributed by atoms with Gasteiger partial charge in [0, 0.05) is 13.1 Å². The first-order chi connectivity index (χ1) is 11.5. The molecule has 6 nitrogen and oxygen atoms in total. The molecule has 0 aromatic heterocycles. The summed E-state index contributed by atoms with van der Waals surface area (Å²) in [5.74, 6) is 0.522. The fraction of sp³-hybridized carbons (Fsp3) is 0.556. The largest absolute Gasteiger partial charge is 0.494 e. The van der Waals surface area contributed by atoms with Crippen LogP contribution in [0.3, 0.4) is 0 Å². The van der Waals surface area contributed by atoms with E-state index in [1.165, 1.54) is 7.11 Å². The van der Waals surface area contributed by atoms with Gasteiger partial charge in [-0.2, -0.15) is 0 Å². The second kappa shape index (κ2) is 10.5. The molecular weight excluding hydrogens is 310 g/mol. The summed E-state index contributed by atoms with van der Waals surface area (Å²) < 4.78 is 15.6. The number of esters is 1. The van der Waals surface area contributed by atoms with Crippen molar-refractivity contribution < 1.29 is 23.8 Å². The Balaban J connectivity index is 2.56. The molecule has 0 spiro atoms. The number of carbonyl (C=O) groups excluding carboxylic acids is 2. The van der Waals surface area contributed by atoms with Crippen LogP contribution in [0.1, 0.15) is 27.2 Å². The van der Waals surface area contributed by atoms with Crippen molar-refractivity contribution in [2.24, 2.45) is 5.92 Å².